The van der Waals surface area contributed by atoms with Gasteiger partial charge in [0.05, 0.1) is 16.9 Å². The predicted molar refractivity (Wildman–Crippen MR) is 63.9 cm³/mol. The standard InChI is InChI=1S/C13H16FNO2/c1-13(17)5-7-15(8-6-13)12-4-2-3-11(14)10(12)9-16/h2-4,9,17H,5-8H2,1H3. The lowest BCUT2D eigenvalue weighted by atomic mass is 9.93. The molecule has 1 saturated heterocycles. The first kappa shape index (κ1) is 12.0. The summed E-state index contributed by atoms with van der Waals surface area (Å²) in [7, 11) is 0. The molecule has 0 amide bonds. The van der Waals surface area contributed by atoms with Gasteiger partial charge in [0.2, 0.25) is 0 Å². The van der Waals surface area contributed by atoms with E-state index in [4.69, 9.17) is 0 Å². The third-order valence-electron chi connectivity index (χ3n) is 3.33. The van der Waals surface area contributed by atoms with Gasteiger partial charge in [0.15, 0.2) is 6.29 Å². The van der Waals surface area contributed by atoms with Gasteiger partial charge < -0.3 is 10.0 Å². The largest absolute Gasteiger partial charge is 0.390 e. The molecule has 3 nitrogen and oxygen atoms in total. The Morgan fingerprint density at radius 1 is 1.41 bits per heavy atom. The summed E-state index contributed by atoms with van der Waals surface area (Å²) in [5.74, 6) is -0.491. The van der Waals surface area contributed by atoms with Crippen LogP contribution in [-0.4, -0.2) is 30.1 Å². The Labute approximate surface area is 99.9 Å². The molecule has 0 aliphatic carbocycles. The molecule has 1 heterocycles. The van der Waals surface area contributed by atoms with Crippen molar-refractivity contribution in [1.29, 1.82) is 0 Å². The monoisotopic (exact) mass is 237 g/mol. The van der Waals surface area contributed by atoms with E-state index in [0.29, 0.717) is 37.9 Å². The van der Waals surface area contributed by atoms with Crippen molar-refractivity contribution in [2.45, 2.75) is 25.4 Å². The minimum Gasteiger partial charge on any atom is -0.390 e. The highest BCUT2D eigenvalue weighted by atomic mass is 19.1. The maximum atomic E-state index is 13.5. The molecule has 0 bridgehead atoms. The Morgan fingerprint density at radius 3 is 2.65 bits per heavy atom. The molecule has 1 aromatic carbocycles. The summed E-state index contributed by atoms with van der Waals surface area (Å²) in [5, 5.41) is 9.85. The highest BCUT2D eigenvalue weighted by Crippen LogP contribution is 2.28. The average molecular weight is 237 g/mol. The van der Waals surface area contributed by atoms with Crippen molar-refractivity contribution in [2.75, 3.05) is 18.0 Å². The fraction of sp³-hybridized carbons (Fsp3) is 0.462. The van der Waals surface area contributed by atoms with Crippen LogP contribution in [0.25, 0.3) is 0 Å². The summed E-state index contributed by atoms with van der Waals surface area (Å²) >= 11 is 0. The quantitative estimate of drug-likeness (QED) is 0.800. The van der Waals surface area contributed by atoms with E-state index >= 15 is 0 Å². The topological polar surface area (TPSA) is 40.5 Å². The second-order valence-corrected chi connectivity index (χ2v) is 4.77. The van der Waals surface area contributed by atoms with Gasteiger partial charge in [0.25, 0.3) is 0 Å². The summed E-state index contributed by atoms with van der Waals surface area (Å²) in [6.07, 6.45) is 1.81. The third kappa shape index (κ3) is 2.47. The molecular weight excluding hydrogens is 221 g/mol. The number of halogens is 1. The summed E-state index contributed by atoms with van der Waals surface area (Å²) < 4.78 is 13.5. The van der Waals surface area contributed by atoms with Crippen LogP contribution in [0.3, 0.4) is 0 Å². The van der Waals surface area contributed by atoms with Crippen LogP contribution in [0.1, 0.15) is 30.1 Å². The van der Waals surface area contributed by atoms with E-state index in [1.807, 2.05) is 4.90 Å². The molecule has 2 rings (SSSR count). The van der Waals surface area contributed by atoms with Gasteiger partial charge in [0, 0.05) is 13.1 Å². The molecule has 1 N–H and O–H groups in total. The summed E-state index contributed by atoms with van der Waals surface area (Å²) in [6.45, 7) is 3.07. The van der Waals surface area contributed by atoms with Crippen molar-refractivity contribution in [3.05, 3.63) is 29.6 Å². The van der Waals surface area contributed by atoms with Crippen LogP contribution in [0.2, 0.25) is 0 Å². The molecule has 17 heavy (non-hydrogen) atoms. The predicted octanol–water partition coefficient (Wildman–Crippen LogP) is 1.99. The molecule has 1 aromatic rings. The van der Waals surface area contributed by atoms with Crippen LogP contribution in [0, 0.1) is 5.82 Å². The molecule has 0 aromatic heterocycles. The Hall–Kier alpha value is -1.42. The highest BCUT2D eigenvalue weighted by Gasteiger charge is 2.28. The Kier molecular flexibility index (Phi) is 3.15. The van der Waals surface area contributed by atoms with E-state index in [1.54, 1.807) is 19.1 Å². The van der Waals surface area contributed by atoms with Gasteiger partial charge in [-0.3, -0.25) is 4.79 Å². The van der Waals surface area contributed by atoms with Crippen LogP contribution < -0.4 is 4.90 Å². The summed E-state index contributed by atoms with van der Waals surface area (Å²) in [5.41, 5.74) is 0.0788. The second kappa shape index (κ2) is 4.45. The number of rotatable bonds is 2. The van der Waals surface area contributed by atoms with E-state index in [2.05, 4.69) is 0 Å². The van der Waals surface area contributed by atoms with Crippen LogP contribution in [-0.2, 0) is 0 Å². The van der Waals surface area contributed by atoms with Crippen molar-refractivity contribution in [2.24, 2.45) is 0 Å². The number of aldehydes is 1. The van der Waals surface area contributed by atoms with Crippen LogP contribution in [0.15, 0.2) is 18.2 Å². The Bertz CT molecular complexity index is 421. The summed E-state index contributed by atoms with van der Waals surface area (Å²) in [6, 6.07) is 4.63. The fourth-order valence-corrected chi connectivity index (χ4v) is 2.15. The zero-order chi connectivity index (χ0) is 12.5. The average Bonchev–Trinajstić information content (AvgIpc) is 2.29. The molecule has 0 unspecified atom stereocenters. The zero-order valence-corrected chi connectivity index (χ0v) is 9.82. The summed E-state index contributed by atoms with van der Waals surface area (Å²) in [4.78, 5) is 12.9. The lowest BCUT2D eigenvalue weighted by molar-refractivity contribution is 0.0351. The van der Waals surface area contributed by atoms with Gasteiger partial charge in [-0.2, -0.15) is 0 Å². The third-order valence-corrected chi connectivity index (χ3v) is 3.33. The number of carbonyl (C=O) groups excluding carboxylic acids is 1. The molecule has 0 saturated carbocycles. The van der Waals surface area contributed by atoms with Crippen molar-refractivity contribution in [3.8, 4) is 0 Å². The number of aliphatic hydroxyl groups is 1. The molecular formula is C13H16FNO2. The smallest absolute Gasteiger partial charge is 0.155 e. The van der Waals surface area contributed by atoms with Crippen molar-refractivity contribution < 1.29 is 14.3 Å². The first-order chi connectivity index (χ1) is 8.03. The molecule has 4 heteroatoms. The molecule has 1 fully saturated rings. The van der Waals surface area contributed by atoms with Gasteiger partial charge in [-0.15, -0.1) is 0 Å². The number of benzene rings is 1. The first-order valence-electron chi connectivity index (χ1n) is 5.74. The van der Waals surface area contributed by atoms with Crippen molar-refractivity contribution in [1.82, 2.24) is 0 Å². The molecule has 1 aliphatic rings. The maximum absolute atomic E-state index is 13.5. The minimum absolute atomic E-state index is 0.106. The maximum Gasteiger partial charge on any atom is 0.155 e. The normalized spacial score (nSPS) is 19.1. The van der Waals surface area contributed by atoms with Gasteiger partial charge in [0.1, 0.15) is 5.82 Å². The molecule has 1 aliphatic heterocycles. The number of nitrogens with zero attached hydrogens (tertiary/aromatic N) is 1. The minimum atomic E-state index is -0.648. The van der Waals surface area contributed by atoms with Crippen LogP contribution in [0.5, 0.6) is 0 Å². The lowest BCUT2D eigenvalue weighted by Gasteiger charge is -2.37. The number of carbonyl (C=O) groups is 1. The first-order valence-corrected chi connectivity index (χ1v) is 5.74. The molecule has 0 spiro atoms. The number of hydrogen-bond acceptors (Lipinski definition) is 3. The van der Waals surface area contributed by atoms with E-state index < -0.39 is 11.4 Å². The van der Waals surface area contributed by atoms with Crippen molar-refractivity contribution >= 4 is 12.0 Å². The van der Waals surface area contributed by atoms with E-state index in [9.17, 15) is 14.3 Å². The molecule has 0 radical (unpaired) electrons. The Morgan fingerprint density at radius 2 is 2.06 bits per heavy atom. The van der Waals surface area contributed by atoms with Gasteiger partial charge in [-0.05, 0) is 31.9 Å². The van der Waals surface area contributed by atoms with Gasteiger partial charge in [-0.1, -0.05) is 6.07 Å². The second-order valence-electron chi connectivity index (χ2n) is 4.77. The Balaban J connectivity index is 2.24. The SMILES string of the molecule is CC1(O)CCN(c2cccc(F)c2C=O)CC1. The van der Waals surface area contributed by atoms with Crippen LogP contribution in [0.4, 0.5) is 10.1 Å². The van der Waals surface area contributed by atoms with Gasteiger partial charge >= 0.3 is 0 Å². The number of piperidine rings is 1. The number of hydrogen-bond donors (Lipinski definition) is 1. The molecule has 0 atom stereocenters. The van der Waals surface area contributed by atoms with Crippen LogP contribution >= 0.6 is 0 Å². The van der Waals surface area contributed by atoms with Gasteiger partial charge in [-0.25, -0.2) is 4.39 Å². The van der Waals surface area contributed by atoms with E-state index in [0.717, 1.165) is 0 Å². The zero-order valence-electron chi connectivity index (χ0n) is 9.82. The highest BCUT2D eigenvalue weighted by molar-refractivity contribution is 5.85. The molecule has 92 valence electrons. The van der Waals surface area contributed by atoms with E-state index in [1.165, 1.54) is 6.07 Å². The number of anilines is 1. The van der Waals surface area contributed by atoms with Crippen molar-refractivity contribution in [3.63, 3.8) is 0 Å². The lowest BCUT2D eigenvalue weighted by Crippen LogP contribution is -2.42. The van der Waals surface area contributed by atoms with E-state index in [-0.39, 0.29) is 5.56 Å². The fourth-order valence-electron chi connectivity index (χ4n) is 2.15.